The molecular weight excluding hydrogens is 286 g/mol. The lowest BCUT2D eigenvalue weighted by atomic mass is 9.98. The van der Waals surface area contributed by atoms with E-state index in [1.54, 1.807) is 18.4 Å². The molecule has 114 valence electrons. The van der Waals surface area contributed by atoms with Crippen molar-refractivity contribution in [2.75, 3.05) is 25.5 Å². The summed E-state index contributed by atoms with van der Waals surface area (Å²) in [6.45, 7) is 6.67. The number of likely N-dealkylation sites (N-methyl/N-ethyl adjacent to an activating group) is 1. The first-order valence-corrected chi connectivity index (χ1v) is 7.67. The van der Waals surface area contributed by atoms with Gasteiger partial charge in [-0.2, -0.15) is 0 Å². The van der Waals surface area contributed by atoms with Crippen LogP contribution in [-0.2, 0) is 5.41 Å². The normalized spacial score (nSPS) is 11.7. The lowest BCUT2D eigenvalue weighted by molar-refractivity contribution is 0.202. The van der Waals surface area contributed by atoms with Gasteiger partial charge in [-0.05, 0) is 18.2 Å². The van der Waals surface area contributed by atoms with Gasteiger partial charge in [-0.15, -0.1) is 11.3 Å². The first kappa shape index (κ1) is 15.7. The number of urea groups is 1. The van der Waals surface area contributed by atoms with Gasteiger partial charge in [-0.3, -0.25) is 0 Å². The van der Waals surface area contributed by atoms with E-state index in [1.165, 1.54) is 4.90 Å². The molecule has 0 saturated carbocycles. The summed E-state index contributed by atoms with van der Waals surface area (Å²) in [6, 6.07) is 5.47. The smallest absolute Gasteiger partial charge is 0.321 e. The third-order valence-electron chi connectivity index (χ3n) is 3.06. The second-order valence-corrected chi connectivity index (χ2v) is 7.06. The van der Waals surface area contributed by atoms with Crippen molar-refractivity contribution < 1.29 is 9.90 Å². The number of benzene rings is 1. The van der Waals surface area contributed by atoms with Crippen LogP contribution in [0.5, 0.6) is 0 Å². The highest BCUT2D eigenvalue weighted by atomic mass is 32.1. The van der Waals surface area contributed by atoms with Gasteiger partial charge in [0, 0.05) is 24.7 Å². The molecule has 0 aliphatic rings. The van der Waals surface area contributed by atoms with Crippen LogP contribution in [0.15, 0.2) is 18.2 Å². The quantitative estimate of drug-likeness (QED) is 0.916. The summed E-state index contributed by atoms with van der Waals surface area (Å²) in [5.74, 6) is 0. The zero-order valence-electron chi connectivity index (χ0n) is 12.8. The second kappa shape index (κ2) is 5.99. The number of hydrogen-bond donors (Lipinski definition) is 2. The van der Waals surface area contributed by atoms with Crippen molar-refractivity contribution in [3.05, 3.63) is 23.2 Å². The van der Waals surface area contributed by atoms with Crippen LogP contribution in [0.25, 0.3) is 10.2 Å². The van der Waals surface area contributed by atoms with Gasteiger partial charge < -0.3 is 15.3 Å². The molecule has 0 saturated heterocycles. The fourth-order valence-corrected chi connectivity index (χ4v) is 2.86. The average Bonchev–Trinajstić information content (AvgIpc) is 2.82. The van der Waals surface area contributed by atoms with Crippen LogP contribution in [0.1, 0.15) is 25.8 Å². The Morgan fingerprint density at radius 1 is 1.43 bits per heavy atom. The van der Waals surface area contributed by atoms with Gasteiger partial charge in [0.1, 0.15) is 0 Å². The number of nitrogens with one attached hydrogen (secondary N) is 1. The highest BCUT2D eigenvalue weighted by molar-refractivity contribution is 7.18. The van der Waals surface area contributed by atoms with E-state index in [-0.39, 0.29) is 18.1 Å². The zero-order valence-corrected chi connectivity index (χ0v) is 13.6. The number of aliphatic hydroxyl groups excluding tert-OH is 1. The summed E-state index contributed by atoms with van der Waals surface area (Å²) in [5, 5.41) is 12.7. The molecule has 21 heavy (non-hydrogen) atoms. The Balaban J connectivity index is 2.21. The molecule has 1 heterocycles. The van der Waals surface area contributed by atoms with E-state index < -0.39 is 0 Å². The van der Waals surface area contributed by atoms with Gasteiger partial charge in [0.2, 0.25) is 0 Å². The van der Waals surface area contributed by atoms with Crippen LogP contribution in [0, 0.1) is 0 Å². The van der Waals surface area contributed by atoms with Crippen LogP contribution in [-0.4, -0.2) is 41.2 Å². The fraction of sp³-hybridized carbons (Fsp3) is 0.467. The van der Waals surface area contributed by atoms with Crippen molar-refractivity contribution in [3.63, 3.8) is 0 Å². The highest BCUT2D eigenvalue weighted by Crippen LogP contribution is 2.32. The number of aromatic nitrogens is 1. The van der Waals surface area contributed by atoms with Crippen LogP contribution < -0.4 is 5.32 Å². The molecule has 6 heteroatoms. The number of hydrogen-bond acceptors (Lipinski definition) is 4. The average molecular weight is 307 g/mol. The molecule has 0 radical (unpaired) electrons. The van der Waals surface area contributed by atoms with Crippen LogP contribution in [0.4, 0.5) is 10.5 Å². The standard InChI is InChI=1S/C15H21N3O2S/c1-15(2,3)13-17-11-6-5-10(9-12(11)21-13)16-14(20)18(4)7-8-19/h5-6,9,19H,7-8H2,1-4H3,(H,16,20). The van der Waals surface area contributed by atoms with E-state index in [4.69, 9.17) is 5.11 Å². The topological polar surface area (TPSA) is 65.5 Å². The van der Waals surface area contributed by atoms with Crippen molar-refractivity contribution in [2.24, 2.45) is 0 Å². The van der Waals surface area contributed by atoms with E-state index in [9.17, 15) is 4.79 Å². The SMILES string of the molecule is CN(CCO)C(=O)Nc1ccc2nc(C(C)(C)C)sc2c1. The molecule has 2 aromatic rings. The molecule has 0 bridgehead atoms. The molecule has 0 unspecified atom stereocenters. The minimum absolute atomic E-state index is 0.0223. The van der Waals surface area contributed by atoms with Crippen LogP contribution >= 0.6 is 11.3 Å². The maximum Gasteiger partial charge on any atom is 0.321 e. The first-order valence-electron chi connectivity index (χ1n) is 6.85. The third kappa shape index (κ3) is 3.71. The molecule has 0 fully saturated rings. The number of rotatable bonds is 3. The Hall–Kier alpha value is -1.66. The summed E-state index contributed by atoms with van der Waals surface area (Å²) in [6.07, 6.45) is 0. The van der Waals surface area contributed by atoms with Gasteiger partial charge in [0.15, 0.2) is 0 Å². The zero-order chi connectivity index (χ0) is 15.6. The van der Waals surface area contributed by atoms with E-state index >= 15 is 0 Å². The van der Waals surface area contributed by atoms with Gasteiger partial charge in [0.25, 0.3) is 0 Å². The van der Waals surface area contributed by atoms with E-state index in [1.807, 2.05) is 18.2 Å². The maximum atomic E-state index is 11.9. The lowest BCUT2D eigenvalue weighted by Gasteiger charge is -2.16. The van der Waals surface area contributed by atoms with E-state index in [0.717, 1.165) is 20.9 Å². The lowest BCUT2D eigenvalue weighted by Crippen LogP contribution is -2.33. The largest absolute Gasteiger partial charge is 0.395 e. The summed E-state index contributed by atoms with van der Waals surface area (Å²) in [4.78, 5) is 18.0. The van der Waals surface area contributed by atoms with Crippen molar-refractivity contribution in [1.82, 2.24) is 9.88 Å². The molecule has 0 atom stereocenters. The Morgan fingerprint density at radius 3 is 2.76 bits per heavy atom. The predicted octanol–water partition coefficient (Wildman–Crippen LogP) is 3.05. The van der Waals surface area contributed by atoms with Crippen molar-refractivity contribution >= 4 is 33.3 Å². The summed E-state index contributed by atoms with van der Waals surface area (Å²) >= 11 is 1.65. The molecule has 0 aliphatic carbocycles. The van der Waals surface area contributed by atoms with Crippen LogP contribution in [0.3, 0.4) is 0 Å². The van der Waals surface area contributed by atoms with Crippen LogP contribution in [0.2, 0.25) is 0 Å². The molecule has 1 aromatic carbocycles. The summed E-state index contributed by atoms with van der Waals surface area (Å²) in [7, 11) is 1.65. The molecule has 2 N–H and O–H groups in total. The van der Waals surface area contributed by atoms with Crippen molar-refractivity contribution in [1.29, 1.82) is 0 Å². The summed E-state index contributed by atoms with van der Waals surface area (Å²) < 4.78 is 1.06. The number of amides is 2. The number of carbonyl (C=O) groups excluding carboxylic acids is 1. The molecule has 2 rings (SSSR count). The summed E-state index contributed by atoms with van der Waals surface area (Å²) in [5.41, 5.74) is 1.71. The maximum absolute atomic E-state index is 11.9. The van der Waals surface area contributed by atoms with Crippen molar-refractivity contribution in [2.45, 2.75) is 26.2 Å². The van der Waals surface area contributed by atoms with Crippen molar-refractivity contribution in [3.8, 4) is 0 Å². The molecular formula is C15H21N3O2S. The highest BCUT2D eigenvalue weighted by Gasteiger charge is 2.19. The van der Waals surface area contributed by atoms with Gasteiger partial charge in [-0.25, -0.2) is 9.78 Å². The molecule has 0 spiro atoms. The Bertz CT molecular complexity index is 646. The Kier molecular flexibility index (Phi) is 4.49. The number of anilines is 1. The monoisotopic (exact) mass is 307 g/mol. The fourth-order valence-electron chi connectivity index (χ4n) is 1.79. The molecule has 5 nitrogen and oxygen atoms in total. The molecule has 0 aliphatic heterocycles. The first-order chi connectivity index (χ1) is 9.81. The molecule has 2 amide bonds. The number of thiazole rings is 1. The second-order valence-electron chi connectivity index (χ2n) is 6.03. The Labute approximate surface area is 128 Å². The third-order valence-corrected chi connectivity index (χ3v) is 4.51. The number of fused-ring (bicyclic) bond motifs is 1. The van der Waals surface area contributed by atoms with E-state index in [2.05, 4.69) is 31.1 Å². The minimum Gasteiger partial charge on any atom is -0.395 e. The Morgan fingerprint density at radius 2 is 2.14 bits per heavy atom. The van der Waals surface area contributed by atoms with Gasteiger partial charge >= 0.3 is 6.03 Å². The number of carbonyl (C=O) groups is 1. The van der Waals surface area contributed by atoms with Gasteiger partial charge in [0.05, 0.1) is 21.8 Å². The number of aliphatic hydroxyl groups is 1. The van der Waals surface area contributed by atoms with Gasteiger partial charge in [-0.1, -0.05) is 20.8 Å². The van der Waals surface area contributed by atoms with E-state index in [0.29, 0.717) is 6.54 Å². The minimum atomic E-state index is -0.232. The number of nitrogens with zero attached hydrogens (tertiary/aromatic N) is 2. The molecule has 1 aromatic heterocycles. The predicted molar refractivity (Wildman–Crippen MR) is 87.1 cm³/mol.